The van der Waals surface area contributed by atoms with Crippen molar-refractivity contribution >= 4 is 44.0 Å². The average Bonchev–Trinajstić information content (AvgIpc) is 3.06. The Morgan fingerprint density at radius 1 is 1.33 bits per heavy atom. The first-order valence-electron chi connectivity index (χ1n) is 8.18. The van der Waals surface area contributed by atoms with Gasteiger partial charge in [0.05, 0.1) is 21.7 Å². The summed E-state index contributed by atoms with van der Waals surface area (Å²) >= 11 is 1.36. The van der Waals surface area contributed by atoms with E-state index in [-0.39, 0.29) is 11.3 Å². The second kappa shape index (κ2) is 8.11. The zero-order valence-electron chi connectivity index (χ0n) is 14.8. The molecule has 0 atom stereocenters. The molecular formula is C18H18N4O4S. The van der Waals surface area contributed by atoms with Crippen LogP contribution in [0.15, 0.2) is 36.4 Å². The van der Waals surface area contributed by atoms with Gasteiger partial charge in [0.25, 0.3) is 11.6 Å². The van der Waals surface area contributed by atoms with Gasteiger partial charge in [-0.05, 0) is 30.7 Å². The molecule has 0 radical (unpaired) electrons. The van der Waals surface area contributed by atoms with Gasteiger partial charge in [-0.25, -0.2) is 4.98 Å². The van der Waals surface area contributed by atoms with E-state index >= 15 is 0 Å². The third-order valence-electron chi connectivity index (χ3n) is 3.92. The first-order chi connectivity index (χ1) is 13.0. The highest BCUT2D eigenvalue weighted by molar-refractivity contribution is 7.22. The van der Waals surface area contributed by atoms with Gasteiger partial charge < -0.3 is 10.1 Å². The van der Waals surface area contributed by atoms with Crippen LogP contribution in [-0.2, 0) is 4.74 Å². The lowest BCUT2D eigenvalue weighted by Gasteiger charge is -2.08. The van der Waals surface area contributed by atoms with E-state index < -0.39 is 10.8 Å². The molecule has 1 heterocycles. The van der Waals surface area contributed by atoms with Crippen molar-refractivity contribution < 1.29 is 14.5 Å². The summed E-state index contributed by atoms with van der Waals surface area (Å²) in [7, 11) is 1.55. The minimum Gasteiger partial charge on any atom is -0.383 e. The molecule has 0 fully saturated rings. The topological polar surface area (TPSA) is 106 Å². The summed E-state index contributed by atoms with van der Waals surface area (Å²) in [5, 5.41) is 17.4. The largest absolute Gasteiger partial charge is 0.383 e. The van der Waals surface area contributed by atoms with Gasteiger partial charge in [-0.3, -0.25) is 20.2 Å². The van der Waals surface area contributed by atoms with Gasteiger partial charge in [-0.1, -0.05) is 23.5 Å². The van der Waals surface area contributed by atoms with Gasteiger partial charge in [-0.2, -0.15) is 0 Å². The molecule has 3 aromatic rings. The number of aryl methyl sites for hydroxylation is 1. The van der Waals surface area contributed by atoms with Crippen LogP contribution in [-0.4, -0.2) is 36.1 Å². The number of nitrogens with one attached hydrogen (secondary N) is 2. The molecule has 8 nitrogen and oxygen atoms in total. The van der Waals surface area contributed by atoms with Crippen LogP contribution in [0.1, 0.15) is 15.9 Å². The Morgan fingerprint density at radius 3 is 2.85 bits per heavy atom. The van der Waals surface area contributed by atoms with E-state index in [0.29, 0.717) is 24.0 Å². The van der Waals surface area contributed by atoms with Gasteiger partial charge in [0.1, 0.15) is 5.69 Å². The van der Waals surface area contributed by atoms with Crippen molar-refractivity contribution in [2.75, 3.05) is 30.9 Å². The van der Waals surface area contributed by atoms with E-state index in [4.69, 9.17) is 4.74 Å². The SMILES string of the molecule is COCCNc1ccc(C(=O)Nc2nc3c(C)cccc3s2)cc1[N+](=O)[O-]. The standard InChI is InChI=1S/C18H18N4O4S/c1-11-4-3-5-15-16(11)20-18(27-15)21-17(23)12-6-7-13(19-8-9-26-2)14(10-12)22(24)25/h3-7,10,19H,8-9H2,1-2H3,(H,20,21,23). The van der Waals surface area contributed by atoms with Gasteiger partial charge in [-0.15, -0.1) is 0 Å². The molecule has 2 N–H and O–H groups in total. The number of anilines is 2. The minimum atomic E-state index is -0.521. The van der Waals surface area contributed by atoms with Crippen molar-refractivity contribution in [2.24, 2.45) is 0 Å². The third-order valence-corrected chi connectivity index (χ3v) is 4.86. The van der Waals surface area contributed by atoms with Gasteiger partial charge in [0.2, 0.25) is 0 Å². The number of amides is 1. The van der Waals surface area contributed by atoms with Crippen LogP contribution in [0.3, 0.4) is 0 Å². The first kappa shape index (κ1) is 18.7. The van der Waals surface area contributed by atoms with Crippen LogP contribution >= 0.6 is 11.3 Å². The Hall–Kier alpha value is -3.04. The fourth-order valence-electron chi connectivity index (χ4n) is 2.57. The Balaban J connectivity index is 1.81. The molecule has 0 saturated heterocycles. The molecule has 1 aromatic heterocycles. The summed E-state index contributed by atoms with van der Waals surface area (Å²) in [6.07, 6.45) is 0. The van der Waals surface area contributed by atoms with Crippen LogP contribution in [0, 0.1) is 17.0 Å². The molecule has 0 unspecified atom stereocenters. The molecular weight excluding hydrogens is 368 g/mol. The molecule has 140 valence electrons. The number of nitro benzene ring substituents is 1. The molecule has 0 aliphatic heterocycles. The molecule has 0 saturated carbocycles. The van der Waals surface area contributed by atoms with E-state index in [1.807, 2.05) is 25.1 Å². The van der Waals surface area contributed by atoms with Crippen molar-refractivity contribution in [2.45, 2.75) is 6.92 Å². The van der Waals surface area contributed by atoms with Crippen LogP contribution in [0.25, 0.3) is 10.2 Å². The van der Waals surface area contributed by atoms with Gasteiger partial charge in [0.15, 0.2) is 5.13 Å². The number of carbonyl (C=O) groups is 1. The summed E-state index contributed by atoms with van der Waals surface area (Å²) in [5.41, 5.74) is 2.21. The minimum absolute atomic E-state index is 0.168. The van der Waals surface area contributed by atoms with Crippen LogP contribution in [0.4, 0.5) is 16.5 Å². The summed E-state index contributed by atoms with van der Waals surface area (Å²) in [6, 6.07) is 10.1. The lowest BCUT2D eigenvalue weighted by atomic mass is 10.1. The molecule has 0 spiro atoms. The Bertz CT molecular complexity index is 1000. The Morgan fingerprint density at radius 2 is 2.15 bits per heavy atom. The predicted octanol–water partition coefficient (Wildman–Crippen LogP) is 3.82. The number of nitro groups is 1. The summed E-state index contributed by atoms with van der Waals surface area (Å²) in [6.45, 7) is 2.79. The Kier molecular flexibility index (Phi) is 5.63. The van der Waals surface area contributed by atoms with Crippen molar-refractivity contribution in [1.29, 1.82) is 0 Å². The number of nitrogens with zero attached hydrogens (tertiary/aromatic N) is 2. The van der Waals surface area contributed by atoms with E-state index in [0.717, 1.165) is 15.8 Å². The monoisotopic (exact) mass is 386 g/mol. The summed E-state index contributed by atoms with van der Waals surface area (Å²) in [5.74, 6) is -0.446. The van der Waals surface area contributed by atoms with Crippen LogP contribution < -0.4 is 10.6 Å². The number of hydrogen-bond donors (Lipinski definition) is 2. The zero-order valence-corrected chi connectivity index (χ0v) is 15.6. The predicted molar refractivity (Wildman–Crippen MR) is 106 cm³/mol. The van der Waals surface area contributed by atoms with Crippen LogP contribution in [0.5, 0.6) is 0 Å². The molecule has 2 aromatic carbocycles. The van der Waals surface area contributed by atoms with E-state index in [9.17, 15) is 14.9 Å². The van der Waals surface area contributed by atoms with Gasteiger partial charge >= 0.3 is 0 Å². The molecule has 27 heavy (non-hydrogen) atoms. The van der Waals surface area contributed by atoms with E-state index in [1.54, 1.807) is 7.11 Å². The number of thiazole rings is 1. The number of para-hydroxylation sites is 1. The quantitative estimate of drug-likeness (QED) is 0.363. The van der Waals surface area contributed by atoms with Gasteiger partial charge in [0, 0.05) is 25.3 Å². The Labute approximate surface area is 159 Å². The average molecular weight is 386 g/mol. The zero-order chi connectivity index (χ0) is 19.4. The first-order valence-corrected chi connectivity index (χ1v) is 9.00. The number of benzene rings is 2. The number of hydrogen-bond acceptors (Lipinski definition) is 7. The molecule has 9 heteroatoms. The van der Waals surface area contributed by atoms with Crippen molar-refractivity contribution in [3.8, 4) is 0 Å². The normalized spacial score (nSPS) is 10.7. The lowest BCUT2D eigenvalue weighted by Crippen LogP contribution is -2.13. The highest BCUT2D eigenvalue weighted by atomic mass is 32.1. The summed E-state index contributed by atoms with van der Waals surface area (Å²) in [4.78, 5) is 27.8. The number of carbonyl (C=O) groups excluding carboxylic acids is 1. The number of methoxy groups -OCH3 is 1. The lowest BCUT2D eigenvalue weighted by molar-refractivity contribution is -0.384. The smallest absolute Gasteiger partial charge is 0.293 e. The molecule has 1 amide bonds. The molecule has 0 aliphatic carbocycles. The molecule has 3 rings (SSSR count). The van der Waals surface area contributed by atoms with Crippen molar-refractivity contribution in [1.82, 2.24) is 4.98 Å². The highest BCUT2D eigenvalue weighted by Crippen LogP contribution is 2.29. The second-order valence-corrected chi connectivity index (χ2v) is 6.83. The second-order valence-electron chi connectivity index (χ2n) is 5.80. The van der Waals surface area contributed by atoms with Crippen molar-refractivity contribution in [3.05, 3.63) is 57.6 Å². The maximum atomic E-state index is 12.5. The molecule has 0 bridgehead atoms. The summed E-state index contributed by atoms with van der Waals surface area (Å²) < 4.78 is 5.89. The molecule has 0 aliphatic rings. The number of rotatable bonds is 7. The number of aromatic nitrogens is 1. The van der Waals surface area contributed by atoms with E-state index in [1.165, 1.54) is 29.5 Å². The fourth-order valence-corrected chi connectivity index (χ4v) is 3.51. The highest BCUT2D eigenvalue weighted by Gasteiger charge is 2.18. The maximum Gasteiger partial charge on any atom is 0.293 e. The van der Waals surface area contributed by atoms with Crippen LogP contribution in [0.2, 0.25) is 0 Å². The third kappa shape index (κ3) is 4.21. The number of fused-ring (bicyclic) bond motifs is 1. The maximum absolute atomic E-state index is 12.5. The fraction of sp³-hybridized carbons (Fsp3) is 0.222. The number of ether oxygens (including phenoxy) is 1. The van der Waals surface area contributed by atoms with E-state index in [2.05, 4.69) is 15.6 Å². The van der Waals surface area contributed by atoms with Crippen molar-refractivity contribution in [3.63, 3.8) is 0 Å².